The molecule has 0 spiro atoms. The maximum Gasteiger partial charge on any atom is 0.257 e. The average molecular weight is 208 g/mol. The number of carbonyl (C=O) groups excluding carboxylic acids is 1. The van der Waals surface area contributed by atoms with Gasteiger partial charge in [0, 0.05) is 25.4 Å². The molecule has 0 atom stereocenters. The standard InChI is InChI=1S/C12H16O3/c1-5-7-8-10-9(6-2)11(13)12(10,14-3)15-4/h5-6H,1-2,7-8H2,3-4H3. The van der Waals surface area contributed by atoms with Crippen LogP contribution >= 0.6 is 0 Å². The normalized spacial score (nSPS) is 18.7. The maximum absolute atomic E-state index is 11.7. The van der Waals surface area contributed by atoms with E-state index in [1.807, 2.05) is 0 Å². The lowest BCUT2D eigenvalue weighted by Gasteiger charge is -2.40. The molecule has 1 aliphatic carbocycles. The SMILES string of the molecule is C=CCCC1=C(C=C)C(=O)C1(OC)OC. The Morgan fingerprint density at radius 3 is 2.33 bits per heavy atom. The Kier molecular flexibility index (Phi) is 3.61. The third-order valence-electron chi connectivity index (χ3n) is 2.64. The molecule has 3 nitrogen and oxygen atoms in total. The highest BCUT2D eigenvalue weighted by atomic mass is 16.7. The maximum atomic E-state index is 11.7. The summed E-state index contributed by atoms with van der Waals surface area (Å²) in [7, 11) is 2.93. The van der Waals surface area contributed by atoms with Gasteiger partial charge in [-0.25, -0.2) is 0 Å². The highest BCUT2D eigenvalue weighted by Crippen LogP contribution is 2.41. The fourth-order valence-corrected chi connectivity index (χ4v) is 1.84. The second-order valence-corrected chi connectivity index (χ2v) is 3.28. The van der Waals surface area contributed by atoms with Crippen molar-refractivity contribution in [2.24, 2.45) is 0 Å². The van der Waals surface area contributed by atoms with Crippen molar-refractivity contribution in [1.29, 1.82) is 0 Å². The summed E-state index contributed by atoms with van der Waals surface area (Å²) >= 11 is 0. The summed E-state index contributed by atoms with van der Waals surface area (Å²) in [6.07, 6.45) is 4.84. The van der Waals surface area contributed by atoms with E-state index < -0.39 is 5.79 Å². The molecule has 1 rings (SSSR count). The zero-order valence-electron chi connectivity index (χ0n) is 9.21. The molecule has 0 aromatic carbocycles. The van der Waals surface area contributed by atoms with Crippen molar-refractivity contribution in [2.45, 2.75) is 18.6 Å². The molecule has 0 amide bonds. The van der Waals surface area contributed by atoms with E-state index in [1.165, 1.54) is 14.2 Å². The molecular formula is C12H16O3. The summed E-state index contributed by atoms with van der Waals surface area (Å²) < 4.78 is 10.3. The number of Topliss-reactive ketones (excluding diaryl/α,β-unsaturated/α-hetero) is 1. The largest absolute Gasteiger partial charge is 0.343 e. The highest BCUT2D eigenvalue weighted by Gasteiger charge is 2.53. The Hall–Kier alpha value is -1.19. The number of ketones is 1. The molecule has 0 heterocycles. The number of carbonyl (C=O) groups is 1. The Balaban J connectivity index is 3.02. The third kappa shape index (κ3) is 1.58. The van der Waals surface area contributed by atoms with Crippen LogP contribution in [0.4, 0.5) is 0 Å². The summed E-state index contributed by atoms with van der Waals surface area (Å²) in [5.41, 5.74) is 1.47. The van der Waals surface area contributed by atoms with Gasteiger partial charge < -0.3 is 9.47 Å². The summed E-state index contributed by atoms with van der Waals surface area (Å²) in [5, 5.41) is 0. The highest BCUT2D eigenvalue weighted by molar-refractivity contribution is 6.13. The molecule has 1 aliphatic rings. The molecule has 0 saturated heterocycles. The van der Waals surface area contributed by atoms with Crippen molar-refractivity contribution in [3.05, 3.63) is 36.5 Å². The second kappa shape index (κ2) is 4.55. The van der Waals surface area contributed by atoms with Crippen LogP contribution in [0, 0.1) is 0 Å². The Labute approximate surface area is 90.1 Å². The van der Waals surface area contributed by atoms with E-state index in [9.17, 15) is 4.79 Å². The summed E-state index contributed by atoms with van der Waals surface area (Å²) in [5.74, 6) is -1.33. The number of methoxy groups -OCH3 is 2. The lowest BCUT2D eigenvalue weighted by atomic mass is 9.77. The average Bonchev–Trinajstić information content (AvgIpc) is 2.26. The van der Waals surface area contributed by atoms with Crippen LogP contribution in [0.2, 0.25) is 0 Å². The van der Waals surface area contributed by atoms with E-state index >= 15 is 0 Å². The summed E-state index contributed by atoms with van der Waals surface area (Å²) in [4.78, 5) is 11.7. The molecular weight excluding hydrogens is 192 g/mol. The van der Waals surface area contributed by atoms with E-state index in [-0.39, 0.29) is 5.78 Å². The van der Waals surface area contributed by atoms with Gasteiger partial charge in [0.05, 0.1) is 0 Å². The Bertz CT molecular complexity index is 322. The molecule has 0 aromatic rings. The van der Waals surface area contributed by atoms with Gasteiger partial charge in [-0.05, 0) is 12.8 Å². The minimum Gasteiger partial charge on any atom is -0.343 e. The first-order valence-electron chi connectivity index (χ1n) is 4.80. The van der Waals surface area contributed by atoms with Crippen LogP contribution in [0.3, 0.4) is 0 Å². The molecule has 0 fully saturated rings. The van der Waals surface area contributed by atoms with Crippen molar-refractivity contribution in [3.8, 4) is 0 Å². The number of allylic oxidation sites excluding steroid dienone is 2. The topological polar surface area (TPSA) is 35.5 Å². The van der Waals surface area contributed by atoms with E-state index in [4.69, 9.17) is 9.47 Å². The van der Waals surface area contributed by atoms with Gasteiger partial charge in [0.1, 0.15) is 0 Å². The van der Waals surface area contributed by atoms with Gasteiger partial charge in [0.15, 0.2) is 0 Å². The number of hydrogen-bond donors (Lipinski definition) is 0. The van der Waals surface area contributed by atoms with E-state index in [1.54, 1.807) is 12.2 Å². The minimum absolute atomic E-state index is 0.151. The fraction of sp³-hybridized carbons (Fsp3) is 0.417. The summed E-state index contributed by atoms with van der Waals surface area (Å²) in [6.45, 7) is 7.26. The first kappa shape index (κ1) is 11.9. The third-order valence-corrected chi connectivity index (χ3v) is 2.64. The van der Waals surface area contributed by atoms with E-state index in [0.717, 1.165) is 12.0 Å². The van der Waals surface area contributed by atoms with Crippen LogP contribution in [0.15, 0.2) is 36.5 Å². The molecule has 15 heavy (non-hydrogen) atoms. The van der Waals surface area contributed by atoms with Gasteiger partial charge in [0.2, 0.25) is 5.78 Å². The van der Waals surface area contributed by atoms with Gasteiger partial charge in [-0.1, -0.05) is 18.7 Å². The molecule has 0 aromatic heterocycles. The van der Waals surface area contributed by atoms with E-state index in [2.05, 4.69) is 13.2 Å². The van der Waals surface area contributed by atoms with Crippen LogP contribution < -0.4 is 0 Å². The quantitative estimate of drug-likeness (QED) is 0.494. The van der Waals surface area contributed by atoms with Crippen LogP contribution in [0.25, 0.3) is 0 Å². The predicted molar refractivity (Wildman–Crippen MR) is 58.4 cm³/mol. The van der Waals surface area contributed by atoms with Crippen molar-refractivity contribution in [2.75, 3.05) is 14.2 Å². The smallest absolute Gasteiger partial charge is 0.257 e. The zero-order valence-corrected chi connectivity index (χ0v) is 9.21. The van der Waals surface area contributed by atoms with Crippen molar-refractivity contribution in [1.82, 2.24) is 0 Å². The first-order valence-corrected chi connectivity index (χ1v) is 4.80. The zero-order chi connectivity index (χ0) is 11.5. The van der Waals surface area contributed by atoms with Crippen LogP contribution in [-0.4, -0.2) is 25.8 Å². The molecule has 3 heteroatoms. The number of ether oxygens (including phenoxy) is 2. The lowest BCUT2D eigenvalue weighted by Crippen LogP contribution is -2.53. The molecule has 0 N–H and O–H groups in total. The van der Waals surface area contributed by atoms with Gasteiger partial charge in [-0.15, -0.1) is 6.58 Å². The molecule has 0 aliphatic heterocycles. The molecule has 82 valence electrons. The number of hydrogen-bond acceptors (Lipinski definition) is 3. The van der Waals surface area contributed by atoms with Crippen LogP contribution in [0.1, 0.15) is 12.8 Å². The van der Waals surface area contributed by atoms with Gasteiger partial charge >= 0.3 is 0 Å². The first-order chi connectivity index (χ1) is 7.17. The second-order valence-electron chi connectivity index (χ2n) is 3.28. The minimum atomic E-state index is -1.17. The van der Waals surface area contributed by atoms with Crippen LogP contribution in [0.5, 0.6) is 0 Å². The van der Waals surface area contributed by atoms with E-state index in [0.29, 0.717) is 12.0 Å². The van der Waals surface area contributed by atoms with Crippen LogP contribution in [-0.2, 0) is 14.3 Å². The van der Waals surface area contributed by atoms with Crippen molar-refractivity contribution in [3.63, 3.8) is 0 Å². The monoisotopic (exact) mass is 208 g/mol. The van der Waals surface area contributed by atoms with Crippen molar-refractivity contribution < 1.29 is 14.3 Å². The van der Waals surface area contributed by atoms with Gasteiger partial charge in [-0.3, -0.25) is 4.79 Å². The van der Waals surface area contributed by atoms with Gasteiger partial charge in [0.25, 0.3) is 5.79 Å². The Morgan fingerprint density at radius 1 is 1.33 bits per heavy atom. The fourth-order valence-electron chi connectivity index (χ4n) is 1.84. The lowest BCUT2D eigenvalue weighted by molar-refractivity contribution is -0.196. The molecule has 0 bridgehead atoms. The molecule has 0 saturated carbocycles. The van der Waals surface area contributed by atoms with Crippen molar-refractivity contribution >= 4 is 5.78 Å². The molecule has 0 unspecified atom stereocenters. The Morgan fingerprint density at radius 2 is 1.93 bits per heavy atom. The number of rotatable bonds is 6. The summed E-state index contributed by atoms with van der Waals surface area (Å²) in [6, 6.07) is 0. The van der Waals surface area contributed by atoms with Gasteiger partial charge in [-0.2, -0.15) is 0 Å². The molecule has 0 radical (unpaired) electrons. The predicted octanol–water partition coefficient (Wildman–Crippen LogP) is 2.01.